The van der Waals surface area contributed by atoms with Crippen molar-refractivity contribution >= 4 is 8.32 Å². The Labute approximate surface area is 196 Å². The number of hydrogen-bond acceptors (Lipinski definition) is 5. The summed E-state index contributed by atoms with van der Waals surface area (Å²) in [5.41, 5.74) is 1.70. The van der Waals surface area contributed by atoms with Crippen molar-refractivity contribution in [2.24, 2.45) is 0 Å². The van der Waals surface area contributed by atoms with Crippen LogP contribution in [0, 0.1) is 6.07 Å². The maximum absolute atomic E-state index is 9.53. The van der Waals surface area contributed by atoms with E-state index in [0.29, 0.717) is 22.6 Å². The molecule has 0 radical (unpaired) electrons. The summed E-state index contributed by atoms with van der Waals surface area (Å²) in [6, 6.07) is 4.69. The molecular weight excluding hydrogens is 420 g/mol. The molecule has 0 aliphatic rings. The van der Waals surface area contributed by atoms with E-state index < -0.39 is 26.6 Å². The maximum Gasteiger partial charge on any atom is 4.00 e. The zero-order valence-corrected chi connectivity index (χ0v) is 23.2. The van der Waals surface area contributed by atoms with Crippen LogP contribution in [-0.2, 0) is 21.7 Å². The number of rotatable bonds is 5. The zero-order valence-electron chi connectivity index (χ0n) is 20.7. The van der Waals surface area contributed by atoms with Gasteiger partial charge in [-0.05, 0) is 22.9 Å². The molecule has 0 N–H and O–H groups in total. The number of furan rings is 1. The molecule has 0 aliphatic heterocycles. The zero-order chi connectivity index (χ0) is 23.1. The quantitative estimate of drug-likeness (QED) is 0.487. The van der Waals surface area contributed by atoms with E-state index in [1.54, 1.807) is 53.9 Å². The molecular formula is C22H44O5SiTi. The van der Waals surface area contributed by atoms with E-state index in [2.05, 4.69) is 47.6 Å². The summed E-state index contributed by atoms with van der Waals surface area (Å²) in [6.07, 6.45) is 0.301. The molecule has 0 spiro atoms. The summed E-state index contributed by atoms with van der Waals surface area (Å²) < 4.78 is 11.6. The fourth-order valence-corrected chi connectivity index (χ4v) is 7.97. The predicted molar refractivity (Wildman–Crippen MR) is 115 cm³/mol. The molecule has 0 fully saturated rings. The van der Waals surface area contributed by atoms with Gasteiger partial charge in [-0.2, -0.15) is 6.07 Å². The van der Waals surface area contributed by atoms with Crippen molar-refractivity contribution in [3.05, 3.63) is 18.4 Å². The van der Waals surface area contributed by atoms with E-state index >= 15 is 0 Å². The van der Waals surface area contributed by atoms with Gasteiger partial charge in [0.25, 0.3) is 0 Å². The molecule has 0 bridgehead atoms. The average Bonchev–Trinajstić information content (AvgIpc) is 2.94. The summed E-state index contributed by atoms with van der Waals surface area (Å²) >= 11 is 0. The summed E-state index contributed by atoms with van der Waals surface area (Å²) in [4.78, 5) is 0. The average molecular weight is 465 g/mol. The first-order valence-electron chi connectivity index (χ1n) is 10.2. The third-order valence-electron chi connectivity index (χ3n) is 3.43. The van der Waals surface area contributed by atoms with E-state index in [9.17, 15) is 15.3 Å². The molecule has 0 saturated carbocycles. The fourth-order valence-electron chi connectivity index (χ4n) is 2.81. The molecule has 0 amide bonds. The Kier molecular flexibility index (Phi) is 24.8. The molecule has 5 nitrogen and oxygen atoms in total. The topological polar surface area (TPSA) is 91.5 Å². The first kappa shape index (κ1) is 36.3. The van der Waals surface area contributed by atoms with Gasteiger partial charge in [0.1, 0.15) is 5.95 Å². The van der Waals surface area contributed by atoms with Crippen LogP contribution in [-0.4, -0.2) is 26.6 Å². The van der Waals surface area contributed by atoms with Crippen LogP contribution in [0.3, 0.4) is 0 Å². The van der Waals surface area contributed by atoms with Crippen molar-refractivity contribution in [2.45, 2.75) is 118 Å². The van der Waals surface area contributed by atoms with Crippen molar-refractivity contribution in [1.29, 1.82) is 0 Å². The fraction of sp³-hybridized carbons (Fsp3) is 0.818. The molecule has 1 rings (SSSR count). The Morgan fingerprint density at radius 3 is 1.17 bits per heavy atom. The summed E-state index contributed by atoms with van der Waals surface area (Å²) in [5.74, 6) is 0.628. The van der Waals surface area contributed by atoms with Gasteiger partial charge in [0.05, 0.1) is 0 Å². The SMILES string of the molecule is CC(C)[O-].CC(C)[O-].CC(C)[O-].CC(C)[Si](Oc1c[c-]co1)(C(C)C)C(C)C.[Ti+4]. The van der Waals surface area contributed by atoms with Crippen LogP contribution < -0.4 is 19.7 Å². The van der Waals surface area contributed by atoms with Gasteiger partial charge in [0, 0.05) is 0 Å². The Balaban J connectivity index is -0.000000199. The Morgan fingerprint density at radius 2 is 1.00 bits per heavy atom. The molecule has 0 saturated heterocycles. The van der Waals surface area contributed by atoms with Crippen LogP contribution >= 0.6 is 0 Å². The van der Waals surface area contributed by atoms with Crippen LogP contribution in [0.4, 0.5) is 0 Å². The molecule has 0 atom stereocenters. The molecule has 7 heteroatoms. The minimum Gasteiger partial charge on any atom is -0.852 e. The minimum atomic E-state index is -1.85. The molecule has 170 valence electrons. The molecule has 1 aromatic rings. The monoisotopic (exact) mass is 464 g/mol. The van der Waals surface area contributed by atoms with E-state index in [4.69, 9.17) is 8.84 Å². The van der Waals surface area contributed by atoms with Crippen LogP contribution in [0.1, 0.15) is 83.1 Å². The molecule has 0 unspecified atom stereocenters. The van der Waals surface area contributed by atoms with Gasteiger partial charge in [-0.1, -0.05) is 83.1 Å². The normalized spacial score (nSPS) is 10.8. The Bertz CT molecular complexity index is 388. The van der Waals surface area contributed by atoms with Crippen LogP contribution in [0.2, 0.25) is 16.6 Å². The van der Waals surface area contributed by atoms with Gasteiger partial charge in [-0.15, -0.1) is 18.3 Å². The maximum atomic E-state index is 9.53. The number of hydrogen-bond donors (Lipinski definition) is 0. The van der Waals surface area contributed by atoms with Crippen LogP contribution in [0.25, 0.3) is 0 Å². The van der Waals surface area contributed by atoms with E-state index in [-0.39, 0.29) is 21.7 Å². The third kappa shape index (κ3) is 20.9. The molecule has 0 aliphatic carbocycles. The molecule has 0 aromatic carbocycles. The van der Waals surface area contributed by atoms with Gasteiger partial charge < -0.3 is 24.2 Å². The van der Waals surface area contributed by atoms with E-state index in [1.807, 2.05) is 0 Å². The first-order valence-corrected chi connectivity index (χ1v) is 12.4. The first-order chi connectivity index (χ1) is 12.6. The summed E-state index contributed by atoms with van der Waals surface area (Å²) in [6.45, 7) is 23.2. The van der Waals surface area contributed by atoms with Crippen LogP contribution in [0.15, 0.2) is 16.7 Å². The molecule has 1 aromatic heterocycles. The molecule has 29 heavy (non-hydrogen) atoms. The smallest absolute Gasteiger partial charge is 0.852 e. The van der Waals surface area contributed by atoms with Gasteiger partial charge in [0.15, 0.2) is 0 Å². The van der Waals surface area contributed by atoms with Crippen molar-refractivity contribution in [1.82, 2.24) is 0 Å². The summed E-state index contributed by atoms with van der Waals surface area (Å²) in [7, 11) is -1.85. The van der Waals surface area contributed by atoms with Crippen molar-refractivity contribution in [2.75, 3.05) is 0 Å². The van der Waals surface area contributed by atoms with E-state index in [1.165, 1.54) is 0 Å². The largest absolute Gasteiger partial charge is 4.00 e. The summed E-state index contributed by atoms with van der Waals surface area (Å²) in [5, 5.41) is 28.6. The van der Waals surface area contributed by atoms with Gasteiger partial charge in [-0.25, -0.2) is 6.07 Å². The second-order valence-electron chi connectivity index (χ2n) is 8.43. The van der Waals surface area contributed by atoms with Crippen molar-refractivity contribution in [3.63, 3.8) is 0 Å². The second-order valence-corrected chi connectivity index (χ2v) is 13.8. The predicted octanol–water partition coefficient (Wildman–Crippen LogP) is 3.90. The Morgan fingerprint density at radius 1 is 0.724 bits per heavy atom. The van der Waals surface area contributed by atoms with Gasteiger partial charge in [-0.3, -0.25) is 0 Å². The van der Waals surface area contributed by atoms with Crippen molar-refractivity contribution in [3.8, 4) is 5.95 Å². The van der Waals surface area contributed by atoms with Crippen LogP contribution in [0.5, 0.6) is 5.95 Å². The van der Waals surface area contributed by atoms with E-state index in [0.717, 1.165) is 0 Å². The Hall–Kier alpha value is -0.109. The second kappa shape index (κ2) is 19.8. The van der Waals surface area contributed by atoms with Crippen molar-refractivity contribution < 1.29 is 45.9 Å². The molecule has 1 heterocycles. The standard InChI is InChI=1S/C13H23O2Si.3C3H7O.Ti/c1-10(2)16(11(3)4,12(5)6)15-13-8-7-9-14-13;3*1-3(2)4;/h8-12H,1-6H3;3*3H,1-2H3;/q4*-1;+4. The minimum absolute atomic E-state index is 0. The van der Waals surface area contributed by atoms with Gasteiger partial charge in [0.2, 0.25) is 8.32 Å². The third-order valence-corrected chi connectivity index (χ3v) is 9.40. The van der Waals surface area contributed by atoms with Gasteiger partial charge >= 0.3 is 21.7 Å².